The average molecular weight is 492 g/mol. The maximum absolute atomic E-state index is 4.40. The molecule has 0 saturated carbocycles. The lowest BCUT2D eigenvalue weighted by molar-refractivity contribution is 0.287. The van der Waals surface area contributed by atoms with Crippen LogP contribution in [-0.2, 0) is 0 Å². The molecule has 0 bridgehead atoms. The predicted molar refractivity (Wildman–Crippen MR) is 148 cm³/mol. The SMILES string of the molecule is CN(C)c1ccc(N=Nc2ccc(N=Nc3ccc(N4CCN(C(S)S)CC4)cc3)cc2)cc1. The van der Waals surface area contributed by atoms with Gasteiger partial charge in [0.05, 0.1) is 27.5 Å². The molecule has 4 rings (SSSR count). The molecule has 0 radical (unpaired) electrons. The highest BCUT2D eigenvalue weighted by Gasteiger charge is 2.19. The van der Waals surface area contributed by atoms with E-state index in [1.54, 1.807) is 0 Å². The number of anilines is 2. The Labute approximate surface area is 212 Å². The summed E-state index contributed by atoms with van der Waals surface area (Å²) in [5.41, 5.74) is 5.48. The molecule has 0 aliphatic carbocycles. The molecule has 3 aromatic carbocycles. The van der Waals surface area contributed by atoms with Crippen molar-refractivity contribution in [2.24, 2.45) is 20.5 Å². The molecule has 7 nitrogen and oxygen atoms in total. The third-order valence-corrected chi connectivity index (χ3v) is 6.29. The van der Waals surface area contributed by atoms with Gasteiger partial charge in [0.25, 0.3) is 0 Å². The van der Waals surface area contributed by atoms with Crippen LogP contribution in [0.4, 0.5) is 34.1 Å². The summed E-state index contributed by atoms with van der Waals surface area (Å²) in [5, 5.41) is 17.3. The maximum atomic E-state index is 4.40. The minimum atomic E-state index is 0.00235. The lowest BCUT2D eigenvalue weighted by Gasteiger charge is -2.37. The van der Waals surface area contributed by atoms with Gasteiger partial charge in [0.1, 0.15) is 0 Å². The van der Waals surface area contributed by atoms with Gasteiger partial charge in [-0.05, 0) is 72.8 Å². The maximum Gasteiger partial charge on any atom is 0.0970 e. The van der Waals surface area contributed by atoms with Gasteiger partial charge in [-0.1, -0.05) is 0 Å². The quantitative estimate of drug-likeness (QED) is 0.216. The summed E-state index contributed by atoms with van der Waals surface area (Å²) in [7, 11) is 4.02. The number of rotatable bonds is 7. The number of benzene rings is 3. The van der Waals surface area contributed by atoms with Crippen molar-refractivity contribution in [1.82, 2.24) is 4.90 Å². The van der Waals surface area contributed by atoms with E-state index < -0.39 is 0 Å². The van der Waals surface area contributed by atoms with Crippen molar-refractivity contribution in [3.63, 3.8) is 0 Å². The van der Waals surface area contributed by atoms with E-state index in [9.17, 15) is 0 Å². The second-order valence-electron chi connectivity index (χ2n) is 8.21. The first-order chi connectivity index (χ1) is 16.5. The molecular formula is C25H29N7S2. The van der Waals surface area contributed by atoms with Crippen LogP contribution in [0.5, 0.6) is 0 Å². The summed E-state index contributed by atoms with van der Waals surface area (Å²) in [6, 6.07) is 23.7. The van der Waals surface area contributed by atoms with Gasteiger partial charge in [0, 0.05) is 51.6 Å². The lowest BCUT2D eigenvalue weighted by atomic mass is 10.2. The van der Waals surface area contributed by atoms with Gasteiger partial charge in [-0.25, -0.2) is 0 Å². The standard InChI is InChI=1S/C25H29N7S2/c1-30(2)23-11-7-21(8-12-23)28-26-19-3-5-20(6-4-19)27-29-22-9-13-24(14-10-22)31-15-17-32(18-16-31)25(33)34/h3-14,25,33-34H,15-18H2,1-2H3. The predicted octanol–water partition coefficient (Wildman–Crippen LogP) is 6.85. The van der Waals surface area contributed by atoms with Crippen LogP contribution in [0.2, 0.25) is 0 Å². The molecule has 34 heavy (non-hydrogen) atoms. The van der Waals surface area contributed by atoms with E-state index in [4.69, 9.17) is 0 Å². The number of thiol groups is 2. The highest BCUT2D eigenvalue weighted by Crippen LogP contribution is 2.26. The number of azo groups is 2. The largest absolute Gasteiger partial charge is 0.378 e. The van der Waals surface area contributed by atoms with Crippen LogP contribution >= 0.6 is 25.3 Å². The third-order valence-electron chi connectivity index (χ3n) is 5.63. The summed E-state index contributed by atoms with van der Waals surface area (Å²) < 4.78 is 0.00235. The zero-order valence-corrected chi connectivity index (χ0v) is 21.1. The van der Waals surface area contributed by atoms with Crippen molar-refractivity contribution in [2.45, 2.75) is 4.71 Å². The Morgan fingerprint density at radius 3 is 1.38 bits per heavy atom. The molecule has 1 heterocycles. The zero-order chi connectivity index (χ0) is 23.9. The van der Waals surface area contributed by atoms with Crippen molar-refractivity contribution in [3.8, 4) is 0 Å². The number of nitrogens with zero attached hydrogens (tertiary/aromatic N) is 7. The second-order valence-corrected chi connectivity index (χ2v) is 9.60. The summed E-state index contributed by atoms with van der Waals surface area (Å²) in [6.45, 7) is 3.84. The molecule has 0 N–H and O–H groups in total. The molecule has 9 heteroatoms. The molecule has 0 unspecified atom stereocenters. The Morgan fingerprint density at radius 1 is 0.618 bits per heavy atom. The van der Waals surface area contributed by atoms with Gasteiger partial charge in [-0.3, -0.25) is 4.90 Å². The Bertz CT molecular complexity index is 1100. The van der Waals surface area contributed by atoms with Crippen LogP contribution in [-0.4, -0.2) is 49.9 Å². The Balaban J connectivity index is 1.31. The molecule has 0 spiro atoms. The van der Waals surface area contributed by atoms with Crippen LogP contribution in [0.25, 0.3) is 0 Å². The Kier molecular flexibility index (Phi) is 8.21. The lowest BCUT2D eigenvalue weighted by Crippen LogP contribution is -2.47. The van der Waals surface area contributed by atoms with Gasteiger partial charge < -0.3 is 9.80 Å². The number of hydrogen-bond acceptors (Lipinski definition) is 9. The van der Waals surface area contributed by atoms with Crippen LogP contribution in [0, 0.1) is 0 Å². The molecule has 176 valence electrons. The molecule has 0 atom stereocenters. The molecule has 1 fully saturated rings. The average Bonchev–Trinajstić information content (AvgIpc) is 2.87. The second kappa shape index (κ2) is 11.5. The van der Waals surface area contributed by atoms with Gasteiger partial charge in [0.15, 0.2) is 0 Å². The van der Waals surface area contributed by atoms with Gasteiger partial charge >= 0.3 is 0 Å². The van der Waals surface area contributed by atoms with Crippen LogP contribution in [0.15, 0.2) is 93.3 Å². The normalized spacial score (nSPS) is 15.0. The minimum Gasteiger partial charge on any atom is -0.378 e. The first kappa shape index (κ1) is 24.3. The number of hydrogen-bond donors (Lipinski definition) is 2. The van der Waals surface area contributed by atoms with Crippen molar-refractivity contribution < 1.29 is 0 Å². The molecule has 0 aromatic heterocycles. The Morgan fingerprint density at radius 2 is 1.00 bits per heavy atom. The molecule has 0 amide bonds. The minimum absolute atomic E-state index is 0.00235. The van der Waals surface area contributed by atoms with Crippen molar-refractivity contribution in [3.05, 3.63) is 72.8 Å². The van der Waals surface area contributed by atoms with Crippen molar-refractivity contribution in [2.75, 3.05) is 50.1 Å². The topological polar surface area (TPSA) is 59.2 Å². The van der Waals surface area contributed by atoms with E-state index in [-0.39, 0.29) is 4.71 Å². The third kappa shape index (κ3) is 6.59. The first-order valence-corrected chi connectivity index (χ1v) is 12.2. The van der Waals surface area contributed by atoms with Crippen molar-refractivity contribution in [1.29, 1.82) is 0 Å². The van der Waals surface area contributed by atoms with Crippen molar-refractivity contribution >= 4 is 59.4 Å². The fraction of sp³-hybridized carbons (Fsp3) is 0.280. The molecule has 1 aliphatic rings. The molecular weight excluding hydrogens is 462 g/mol. The highest BCUT2D eigenvalue weighted by atomic mass is 32.2. The fourth-order valence-corrected chi connectivity index (χ4v) is 4.04. The molecule has 1 saturated heterocycles. The Hall–Kier alpha value is -2.88. The highest BCUT2D eigenvalue weighted by molar-refractivity contribution is 7.99. The van der Waals surface area contributed by atoms with E-state index >= 15 is 0 Å². The monoisotopic (exact) mass is 491 g/mol. The summed E-state index contributed by atoms with van der Waals surface area (Å²) >= 11 is 8.80. The van der Waals surface area contributed by atoms with E-state index in [2.05, 4.69) is 67.6 Å². The van der Waals surface area contributed by atoms with Crippen LogP contribution in [0.3, 0.4) is 0 Å². The van der Waals surface area contributed by atoms with E-state index in [1.165, 1.54) is 5.69 Å². The number of piperazine rings is 1. The van der Waals surface area contributed by atoms with Crippen LogP contribution in [0.1, 0.15) is 0 Å². The van der Waals surface area contributed by atoms with E-state index in [0.717, 1.165) is 54.6 Å². The van der Waals surface area contributed by atoms with Gasteiger partial charge in [-0.15, -0.1) is 25.3 Å². The van der Waals surface area contributed by atoms with E-state index in [1.807, 2.05) is 79.7 Å². The van der Waals surface area contributed by atoms with Crippen LogP contribution < -0.4 is 9.80 Å². The molecule has 3 aromatic rings. The summed E-state index contributed by atoms with van der Waals surface area (Å²) in [5.74, 6) is 0. The zero-order valence-electron chi connectivity index (χ0n) is 19.4. The molecule has 1 aliphatic heterocycles. The van der Waals surface area contributed by atoms with E-state index in [0.29, 0.717) is 0 Å². The van der Waals surface area contributed by atoms with Gasteiger partial charge in [-0.2, -0.15) is 20.5 Å². The summed E-state index contributed by atoms with van der Waals surface area (Å²) in [4.78, 5) is 6.67. The van der Waals surface area contributed by atoms with Gasteiger partial charge in [0.2, 0.25) is 0 Å². The smallest absolute Gasteiger partial charge is 0.0970 e. The fourth-order valence-electron chi connectivity index (χ4n) is 3.58. The summed E-state index contributed by atoms with van der Waals surface area (Å²) in [6.07, 6.45) is 0. The first-order valence-electron chi connectivity index (χ1n) is 11.1.